The van der Waals surface area contributed by atoms with Crippen molar-refractivity contribution in [3.05, 3.63) is 0 Å². The van der Waals surface area contributed by atoms with Crippen LogP contribution < -0.4 is 5.48 Å². The fourth-order valence-electron chi connectivity index (χ4n) is 1.10. The molecule has 0 radical (unpaired) electrons. The van der Waals surface area contributed by atoms with Crippen LogP contribution in [0.15, 0.2) is 0 Å². The Morgan fingerprint density at radius 2 is 1.77 bits per heavy atom. The van der Waals surface area contributed by atoms with Crippen molar-refractivity contribution in [2.75, 3.05) is 13.2 Å². The maximum Gasteiger partial charge on any atom is 0.0705 e. The van der Waals surface area contributed by atoms with E-state index in [9.17, 15) is 0 Å². The highest BCUT2D eigenvalue weighted by Crippen LogP contribution is 2.01. The standard InChI is InChI=1S/C11H25NO/c1-4-5-6-7-8-9-12-13-10-11(2)3/h11-12H,4-10H2,1-3H3. The molecule has 2 nitrogen and oxygen atoms in total. The summed E-state index contributed by atoms with van der Waals surface area (Å²) in [6.07, 6.45) is 6.61. The summed E-state index contributed by atoms with van der Waals surface area (Å²) in [7, 11) is 0. The Balaban J connectivity index is 2.84. The molecular weight excluding hydrogens is 162 g/mol. The van der Waals surface area contributed by atoms with Crippen LogP contribution in [0.4, 0.5) is 0 Å². The van der Waals surface area contributed by atoms with E-state index in [1.807, 2.05) is 0 Å². The van der Waals surface area contributed by atoms with Gasteiger partial charge in [0.15, 0.2) is 0 Å². The molecule has 13 heavy (non-hydrogen) atoms. The highest BCUT2D eigenvalue weighted by Gasteiger charge is 1.93. The van der Waals surface area contributed by atoms with Gasteiger partial charge in [0, 0.05) is 6.54 Å². The van der Waals surface area contributed by atoms with Crippen LogP contribution in [0.1, 0.15) is 52.9 Å². The van der Waals surface area contributed by atoms with Gasteiger partial charge in [0.2, 0.25) is 0 Å². The van der Waals surface area contributed by atoms with E-state index < -0.39 is 0 Å². The Kier molecular flexibility index (Phi) is 9.94. The average Bonchev–Trinajstić information content (AvgIpc) is 2.09. The molecule has 0 bridgehead atoms. The van der Waals surface area contributed by atoms with Crippen molar-refractivity contribution in [2.45, 2.75) is 52.9 Å². The number of rotatable bonds is 9. The first-order valence-electron chi connectivity index (χ1n) is 5.62. The van der Waals surface area contributed by atoms with E-state index in [4.69, 9.17) is 4.84 Å². The van der Waals surface area contributed by atoms with Crippen molar-refractivity contribution in [3.8, 4) is 0 Å². The highest BCUT2D eigenvalue weighted by molar-refractivity contribution is 4.43. The van der Waals surface area contributed by atoms with Gasteiger partial charge in [0.05, 0.1) is 6.61 Å². The Hall–Kier alpha value is -0.0800. The lowest BCUT2D eigenvalue weighted by atomic mass is 10.2. The molecule has 0 aliphatic rings. The number of hydrogen-bond acceptors (Lipinski definition) is 2. The summed E-state index contributed by atoms with van der Waals surface area (Å²) in [6.45, 7) is 8.36. The second-order valence-electron chi connectivity index (χ2n) is 4.01. The molecule has 2 heteroatoms. The highest BCUT2D eigenvalue weighted by atomic mass is 16.6. The number of unbranched alkanes of at least 4 members (excludes halogenated alkanes) is 4. The lowest BCUT2D eigenvalue weighted by Crippen LogP contribution is -2.18. The molecule has 0 aliphatic carbocycles. The molecule has 80 valence electrons. The monoisotopic (exact) mass is 187 g/mol. The zero-order chi connectivity index (χ0) is 9.94. The molecule has 0 saturated carbocycles. The smallest absolute Gasteiger partial charge is 0.0705 e. The van der Waals surface area contributed by atoms with Gasteiger partial charge in [0.1, 0.15) is 0 Å². The summed E-state index contributed by atoms with van der Waals surface area (Å²) in [4.78, 5) is 5.25. The van der Waals surface area contributed by atoms with Crippen molar-refractivity contribution in [2.24, 2.45) is 5.92 Å². The Labute approximate surface area is 83.0 Å². The summed E-state index contributed by atoms with van der Waals surface area (Å²) >= 11 is 0. The van der Waals surface area contributed by atoms with Crippen LogP contribution in [0.3, 0.4) is 0 Å². The van der Waals surface area contributed by atoms with Gasteiger partial charge >= 0.3 is 0 Å². The molecule has 0 aromatic heterocycles. The van der Waals surface area contributed by atoms with Crippen LogP contribution in [0.2, 0.25) is 0 Å². The molecule has 0 unspecified atom stereocenters. The average molecular weight is 187 g/mol. The topological polar surface area (TPSA) is 21.3 Å². The van der Waals surface area contributed by atoms with Crippen LogP contribution >= 0.6 is 0 Å². The first-order chi connectivity index (χ1) is 6.27. The zero-order valence-electron chi connectivity index (χ0n) is 9.44. The largest absolute Gasteiger partial charge is 0.302 e. The van der Waals surface area contributed by atoms with Gasteiger partial charge in [-0.15, -0.1) is 0 Å². The fraction of sp³-hybridized carbons (Fsp3) is 1.00. The van der Waals surface area contributed by atoms with Crippen molar-refractivity contribution in [3.63, 3.8) is 0 Å². The van der Waals surface area contributed by atoms with E-state index in [0.29, 0.717) is 5.92 Å². The molecule has 0 rings (SSSR count). The van der Waals surface area contributed by atoms with Gasteiger partial charge in [-0.1, -0.05) is 46.5 Å². The Morgan fingerprint density at radius 3 is 2.38 bits per heavy atom. The minimum atomic E-state index is 0.618. The molecule has 0 aliphatic heterocycles. The summed E-state index contributed by atoms with van der Waals surface area (Å²) in [5.74, 6) is 0.618. The molecule has 0 spiro atoms. The number of hydroxylamine groups is 1. The van der Waals surface area contributed by atoms with Crippen LogP contribution in [0.25, 0.3) is 0 Å². The Bertz CT molecular complexity index is 94.1. The molecule has 0 aromatic carbocycles. The third kappa shape index (κ3) is 11.9. The van der Waals surface area contributed by atoms with E-state index in [0.717, 1.165) is 13.2 Å². The van der Waals surface area contributed by atoms with Crippen molar-refractivity contribution in [1.29, 1.82) is 0 Å². The van der Waals surface area contributed by atoms with Crippen LogP contribution in [-0.2, 0) is 4.84 Å². The minimum Gasteiger partial charge on any atom is -0.302 e. The van der Waals surface area contributed by atoms with E-state index in [1.165, 1.54) is 32.1 Å². The molecule has 1 N–H and O–H groups in total. The minimum absolute atomic E-state index is 0.618. The first kappa shape index (κ1) is 12.9. The van der Waals surface area contributed by atoms with E-state index >= 15 is 0 Å². The van der Waals surface area contributed by atoms with Gasteiger partial charge in [-0.25, -0.2) is 5.48 Å². The first-order valence-corrected chi connectivity index (χ1v) is 5.62. The summed E-state index contributed by atoms with van der Waals surface area (Å²) < 4.78 is 0. The van der Waals surface area contributed by atoms with E-state index in [1.54, 1.807) is 0 Å². The van der Waals surface area contributed by atoms with Crippen LogP contribution in [-0.4, -0.2) is 13.2 Å². The molecule has 0 fully saturated rings. The third-order valence-electron chi connectivity index (χ3n) is 1.90. The lowest BCUT2D eigenvalue weighted by molar-refractivity contribution is 0.0232. The molecular formula is C11H25NO. The maximum atomic E-state index is 5.25. The predicted octanol–water partition coefficient (Wildman–Crippen LogP) is 3.13. The van der Waals surface area contributed by atoms with Gasteiger partial charge in [-0.2, -0.15) is 0 Å². The molecule has 0 amide bonds. The molecule has 0 atom stereocenters. The van der Waals surface area contributed by atoms with Crippen LogP contribution in [0, 0.1) is 5.92 Å². The fourth-order valence-corrected chi connectivity index (χ4v) is 1.10. The molecule has 0 aromatic rings. The van der Waals surface area contributed by atoms with Crippen molar-refractivity contribution >= 4 is 0 Å². The van der Waals surface area contributed by atoms with Gasteiger partial charge < -0.3 is 4.84 Å². The predicted molar refractivity (Wildman–Crippen MR) is 57.6 cm³/mol. The number of hydrogen-bond donors (Lipinski definition) is 1. The van der Waals surface area contributed by atoms with Crippen molar-refractivity contribution < 1.29 is 4.84 Å². The lowest BCUT2D eigenvalue weighted by Gasteiger charge is -2.07. The Morgan fingerprint density at radius 1 is 1.08 bits per heavy atom. The third-order valence-corrected chi connectivity index (χ3v) is 1.90. The molecule has 0 heterocycles. The van der Waals surface area contributed by atoms with E-state index in [-0.39, 0.29) is 0 Å². The second kappa shape index (κ2) is 10.0. The SMILES string of the molecule is CCCCCCCNOCC(C)C. The quantitative estimate of drug-likeness (QED) is 0.442. The molecule has 0 saturated heterocycles. The van der Waals surface area contributed by atoms with Gasteiger partial charge in [-0.05, 0) is 12.3 Å². The summed E-state index contributed by atoms with van der Waals surface area (Å²) in [5, 5.41) is 0. The normalized spacial score (nSPS) is 11.1. The van der Waals surface area contributed by atoms with E-state index in [2.05, 4.69) is 26.3 Å². The zero-order valence-corrected chi connectivity index (χ0v) is 9.44. The summed E-state index contributed by atoms with van der Waals surface area (Å²) in [6, 6.07) is 0. The summed E-state index contributed by atoms with van der Waals surface area (Å²) in [5.41, 5.74) is 2.99. The van der Waals surface area contributed by atoms with Crippen molar-refractivity contribution in [1.82, 2.24) is 5.48 Å². The number of nitrogens with one attached hydrogen (secondary N) is 1. The van der Waals surface area contributed by atoms with Gasteiger partial charge in [-0.3, -0.25) is 0 Å². The second-order valence-corrected chi connectivity index (χ2v) is 4.01. The maximum absolute atomic E-state index is 5.25. The van der Waals surface area contributed by atoms with Gasteiger partial charge in [0.25, 0.3) is 0 Å². The van der Waals surface area contributed by atoms with Crippen LogP contribution in [0.5, 0.6) is 0 Å².